The van der Waals surface area contributed by atoms with E-state index in [9.17, 15) is 4.79 Å². The van der Waals surface area contributed by atoms with Crippen molar-refractivity contribution in [2.24, 2.45) is 0 Å². The number of fused-ring (bicyclic) bond motifs is 1. The first-order valence-electron chi connectivity index (χ1n) is 6.15. The second-order valence-electron chi connectivity index (χ2n) is 4.55. The normalized spacial score (nSPS) is 15.6. The lowest BCUT2D eigenvalue weighted by molar-refractivity contribution is 0.401. The number of aryl methyl sites for hydroxylation is 1. The summed E-state index contributed by atoms with van der Waals surface area (Å²) in [5.41, 5.74) is 0.429. The SMILES string of the molecule is CCn1nc(C#N)c2c(=O)[nH]c(C3CCC3)nc21. The summed E-state index contributed by atoms with van der Waals surface area (Å²) in [6.07, 6.45) is 3.32. The van der Waals surface area contributed by atoms with Gasteiger partial charge in [-0.2, -0.15) is 10.4 Å². The van der Waals surface area contributed by atoms with Gasteiger partial charge in [0.1, 0.15) is 17.3 Å². The number of aromatic nitrogens is 4. The van der Waals surface area contributed by atoms with Crippen molar-refractivity contribution >= 4 is 11.0 Å². The van der Waals surface area contributed by atoms with Crippen molar-refractivity contribution in [3.8, 4) is 6.07 Å². The Bertz CT molecular complexity index is 702. The van der Waals surface area contributed by atoms with Crippen LogP contribution in [0.4, 0.5) is 0 Å². The van der Waals surface area contributed by atoms with Crippen molar-refractivity contribution in [2.75, 3.05) is 0 Å². The lowest BCUT2D eigenvalue weighted by Crippen LogP contribution is -2.19. The zero-order chi connectivity index (χ0) is 12.7. The standard InChI is InChI=1S/C12H13N5O/c1-2-17-11-9(8(6-13)16-17)12(18)15-10(14-11)7-4-3-5-7/h7H,2-5H2,1H3,(H,14,15,18). The number of aromatic amines is 1. The van der Waals surface area contributed by atoms with Gasteiger partial charge in [-0.05, 0) is 19.8 Å². The van der Waals surface area contributed by atoms with E-state index in [4.69, 9.17) is 5.26 Å². The molecule has 0 amide bonds. The number of nitriles is 1. The van der Waals surface area contributed by atoms with E-state index in [0.29, 0.717) is 23.5 Å². The maximum Gasteiger partial charge on any atom is 0.263 e. The number of hydrogen-bond acceptors (Lipinski definition) is 4. The molecule has 2 aromatic heterocycles. The molecule has 0 atom stereocenters. The largest absolute Gasteiger partial charge is 0.310 e. The van der Waals surface area contributed by atoms with Gasteiger partial charge < -0.3 is 4.98 Å². The van der Waals surface area contributed by atoms with E-state index in [1.54, 1.807) is 4.68 Å². The second kappa shape index (κ2) is 3.95. The molecule has 0 unspecified atom stereocenters. The molecule has 6 heteroatoms. The molecule has 1 aliphatic rings. The molecule has 0 bridgehead atoms. The molecule has 6 nitrogen and oxygen atoms in total. The fourth-order valence-electron chi connectivity index (χ4n) is 2.27. The van der Waals surface area contributed by atoms with E-state index < -0.39 is 0 Å². The fraction of sp³-hybridized carbons (Fsp3) is 0.500. The number of nitrogens with zero attached hydrogens (tertiary/aromatic N) is 4. The highest BCUT2D eigenvalue weighted by atomic mass is 16.1. The smallest absolute Gasteiger partial charge is 0.263 e. The van der Waals surface area contributed by atoms with E-state index in [1.165, 1.54) is 6.42 Å². The first kappa shape index (κ1) is 11.0. The summed E-state index contributed by atoms with van der Waals surface area (Å²) in [6, 6.07) is 1.95. The van der Waals surface area contributed by atoms with Crippen LogP contribution in [-0.4, -0.2) is 19.7 Å². The molecule has 3 rings (SSSR count). The first-order chi connectivity index (χ1) is 8.74. The van der Waals surface area contributed by atoms with Gasteiger partial charge in [-0.1, -0.05) is 6.42 Å². The second-order valence-corrected chi connectivity index (χ2v) is 4.55. The molecule has 1 saturated carbocycles. The van der Waals surface area contributed by atoms with Gasteiger partial charge >= 0.3 is 0 Å². The molecule has 0 aromatic carbocycles. The Hall–Kier alpha value is -2.16. The van der Waals surface area contributed by atoms with E-state index in [0.717, 1.165) is 18.7 Å². The van der Waals surface area contributed by atoms with Gasteiger partial charge in [0.2, 0.25) is 0 Å². The summed E-state index contributed by atoms with van der Waals surface area (Å²) in [6.45, 7) is 2.51. The Kier molecular flexibility index (Phi) is 2.40. The van der Waals surface area contributed by atoms with Crippen molar-refractivity contribution in [2.45, 2.75) is 38.6 Å². The summed E-state index contributed by atoms with van der Waals surface area (Å²) >= 11 is 0. The summed E-state index contributed by atoms with van der Waals surface area (Å²) < 4.78 is 1.62. The van der Waals surface area contributed by atoms with Gasteiger partial charge in [0.15, 0.2) is 11.3 Å². The monoisotopic (exact) mass is 243 g/mol. The Labute approximate surface area is 103 Å². The molecule has 2 aromatic rings. The maximum atomic E-state index is 12.1. The van der Waals surface area contributed by atoms with Crippen LogP contribution in [0.2, 0.25) is 0 Å². The minimum atomic E-state index is -0.252. The predicted molar refractivity (Wildman–Crippen MR) is 65.1 cm³/mol. The average Bonchev–Trinajstić information content (AvgIpc) is 2.65. The molecule has 92 valence electrons. The molecular formula is C12H13N5O. The maximum absolute atomic E-state index is 12.1. The zero-order valence-electron chi connectivity index (χ0n) is 10.1. The molecule has 1 fully saturated rings. The third-order valence-corrected chi connectivity index (χ3v) is 3.52. The van der Waals surface area contributed by atoms with Gasteiger partial charge in [-0.3, -0.25) is 4.79 Å². The van der Waals surface area contributed by atoms with Crippen LogP contribution in [0.5, 0.6) is 0 Å². The van der Waals surface area contributed by atoms with Crippen LogP contribution in [0.3, 0.4) is 0 Å². The number of rotatable bonds is 2. The van der Waals surface area contributed by atoms with Gasteiger partial charge in [-0.25, -0.2) is 9.67 Å². The molecule has 0 saturated heterocycles. The van der Waals surface area contributed by atoms with Gasteiger partial charge in [0, 0.05) is 12.5 Å². The minimum Gasteiger partial charge on any atom is -0.310 e. The van der Waals surface area contributed by atoms with Crippen LogP contribution in [0.25, 0.3) is 11.0 Å². The van der Waals surface area contributed by atoms with E-state index in [2.05, 4.69) is 15.1 Å². The molecule has 0 aliphatic heterocycles. The predicted octanol–water partition coefficient (Wildman–Crippen LogP) is 1.28. The van der Waals surface area contributed by atoms with E-state index >= 15 is 0 Å². The molecule has 0 spiro atoms. The molecule has 0 radical (unpaired) electrons. The quantitative estimate of drug-likeness (QED) is 0.860. The van der Waals surface area contributed by atoms with Gasteiger partial charge in [0.25, 0.3) is 5.56 Å². The molecule has 1 N–H and O–H groups in total. The number of nitrogens with one attached hydrogen (secondary N) is 1. The Morgan fingerprint density at radius 3 is 2.89 bits per heavy atom. The molecular weight excluding hydrogens is 230 g/mol. The highest BCUT2D eigenvalue weighted by Gasteiger charge is 2.24. The van der Waals surface area contributed by atoms with Crippen LogP contribution < -0.4 is 5.56 Å². The fourth-order valence-corrected chi connectivity index (χ4v) is 2.27. The van der Waals surface area contributed by atoms with Crippen molar-refractivity contribution in [3.63, 3.8) is 0 Å². The Morgan fingerprint density at radius 2 is 2.33 bits per heavy atom. The van der Waals surface area contributed by atoms with Crippen LogP contribution in [0.15, 0.2) is 4.79 Å². The molecule has 1 aliphatic carbocycles. The Morgan fingerprint density at radius 1 is 1.56 bits per heavy atom. The summed E-state index contributed by atoms with van der Waals surface area (Å²) in [7, 11) is 0. The third kappa shape index (κ3) is 1.44. The Balaban J connectivity index is 2.29. The lowest BCUT2D eigenvalue weighted by atomic mass is 9.85. The van der Waals surface area contributed by atoms with Crippen molar-refractivity contribution in [1.82, 2.24) is 19.7 Å². The van der Waals surface area contributed by atoms with Gasteiger partial charge in [-0.15, -0.1) is 0 Å². The number of hydrogen-bond donors (Lipinski definition) is 1. The summed E-state index contributed by atoms with van der Waals surface area (Å²) in [5, 5.41) is 13.4. The van der Waals surface area contributed by atoms with Crippen molar-refractivity contribution in [3.05, 3.63) is 21.9 Å². The van der Waals surface area contributed by atoms with Crippen LogP contribution in [0, 0.1) is 11.3 Å². The molecule has 18 heavy (non-hydrogen) atoms. The highest BCUT2D eigenvalue weighted by molar-refractivity contribution is 5.79. The highest BCUT2D eigenvalue weighted by Crippen LogP contribution is 2.34. The van der Waals surface area contributed by atoms with Crippen LogP contribution in [0.1, 0.15) is 43.6 Å². The minimum absolute atomic E-state index is 0.153. The topological polar surface area (TPSA) is 87.4 Å². The van der Waals surface area contributed by atoms with Crippen LogP contribution >= 0.6 is 0 Å². The van der Waals surface area contributed by atoms with Crippen LogP contribution in [-0.2, 0) is 6.54 Å². The summed E-state index contributed by atoms with van der Waals surface area (Å²) in [4.78, 5) is 19.3. The summed E-state index contributed by atoms with van der Waals surface area (Å²) in [5.74, 6) is 1.09. The van der Waals surface area contributed by atoms with E-state index in [-0.39, 0.29) is 11.3 Å². The van der Waals surface area contributed by atoms with Crippen molar-refractivity contribution in [1.29, 1.82) is 5.26 Å². The lowest BCUT2D eigenvalue weighted by Gasteiger charge is -2.23. The average molecular weight is 243 g/mol. The van der Waals surface area contributed by atoms with E-state index in [1.807, 2.05) is 13.0 Å². The third-order valence-electron chi connectivity index (χ3n) is 3.52. The van der Waals surface area contributed by atoms with Crippen molar-refractivity contribution < 1.29 is 0 Å². The molecule has 2 heterocycles. The van der Waals surface area contributed by atoms with Gasteiger partial charge in [0.05, 0.1) is 0 Å². The first-order valence-corrected chi connectivity index (χ1v) is 6.15. The number of H-pyrrole nitrogens is 1. The zero-order valence-corrected chi connectivity index (χ0v) is 10.1.